The molecule has 1 aromatic rings. The van der Waals surface area contributed by atoms with Gasteiger partial charge in [-0.25, -0.2) is 0 Å². The number of nitrogens with one attached hydrogen (secondary N) is 1. The lowest BCUT2D eigenvalue weighted by atomic mass is 10.2. The van der Waals surface area contributed by atoms with Crippen LogP contribution in [0.3, 0.4) is 0 Å². The fraction of sp³-hybridized carbons (Fsp3) is 0.500. The standard InChI is InChI=1S/C12H19NOS/c14-8-4-9-15-10-7-13-11-12-5-2-1-3-6-12/h1-3,5-6,13-14H,4,7-11H2. The van der Waals surface area contributed by atoms with Gasteiger partial charge in [-0.1, -0.05) is 30.3 Å². The molecule has 1 aromatic carbocycles. The summed E-state index contributed by atoms with van der Waals surface area (Å²) in [6, 6.07) is 10.4. The smallest absolute Gasteiger partial charge is 0.0438 e. The van der Waals surface area contributed by atoms with E-state index in [4.69, 9.17) is 5.11 Å². The predicted octanol–water partition coefficient (Wildman–Crippen LogP) is 1.89. The minimum absolute atomic E-state index is 0.310. The summed E-state index contributed by atoms with van der Waals surface area (Å²) in [5.41, 5.74) is 1.33. The minimum atomic E-state index is 0.310. The van der Waals surface area contributed by atoms with E-state index in [1.54, 1.807) is 0 Å². The van der Waals surface area contributed by atoms with Crippen molar-refractivity contribution in [3.8, 4) is 0 Å². The molecule has 0 aromatic heterocycles. The van der Waals surface area contributed by atoms with Gasteiger partial charge in [-0.3, -0.25) is 0 Å². The highest BCUT2D eigenvalue weighted by Crippen LogP contribution is 2.01. The van der Waals surface area contributed by atoms with E-state index in [1.807, 2.05) is 17.8 Å². The Balaban J connectivity index is 1.93. The Bertz CT molecular complexity index is 241. The van der Waals surface area contributed by atoms with E-state index in [0.717, 1.165) is 31.0 Å². The van der Waals surface area contributed by atoms with Gasteiger partial charge in [0.25, 0.3) is 0 Å². The second-order valence-electron chi connectivity index (χ2n) is 3.35. The van der Waals surface area contributed by atoms with Crippen LogP contribution < -0.4 is 5.32 Å². The van der Waals surface area contributed by atoms with Crippen molar-refractivity contribution in [2.75, 3.05) is 24.7 Å². The van der Waals surface area contributed by atoms with Gasteiger partial charge in [-0.05, 0) is 17.7 Å². The van der Waals surface area contributed by atoms with E-state index in [1.165, 1.54) is 5.56 Å². The maximum absolute atomic E-state index is 8.59. The molecule has 0 saturated carbocycles. The van der Waals surface area contributed by atoms with E-state index in [9.17, 15) is 0 Å². The van der Waals surface area contributed by atoms with Crippen molar-refractivity contribution >= 4 is 11.8 Å². The fourth-order valence-electron chi connectivity index (χ4n) is 1.24. The van der Waals surface area contributed by atoms with Crippen LogP contribution in [-0.4, -0.2) is 29.8 Å². The summed E-state index contributed by atoms with van der Waals surface area (Å²) in [7, 11) is 0. The normalized spacial score (nSPS) is 10.5. The number of thioether (sulfide) groups is 1. The molecular weight excluding hydrogens is 206 g/mol. The van der Waals surface area contributed by atoms with Crippen LogP contribution in [0.5, 0.6) is 0 Å². The average molecular weight is 225 g/mol. The maximum Gasteiger partial charge on any atom is 0.0438 e. The zero-order valence-electron chi connectivity index (χ0n) is 8.98. The number of hydrogen-bond acceptors (Lipinski definition) is 3. The summed E-state index contributed by atoms with van der Waals surface area (Å²) < 4.78 is 0. The van der Waals surface area contributed by atoms with Gasteiger partial charge in [0, 0.05) is 25.4 Å². The number of hydrogen-bond donors (Lipinski definition) is 2. The number of aliphatic hydroxyl groups is 1. The van der Waals surface area contributed by atoms with E-state index < -0.39 is 0 Å². The van der Waals surface area contributed by atoms with E-state index in [2.05, 4.69) is 29.6 Å². The second kappa shape index (κ2) is 8.77. The molecule has 2 nitrogen and oxygen atoms in total. The Morgan fingerprint density at radius 3 is 2.67 bits per heavy atom. The van der Waals surface area contributed by atoms with E-state index >= 15 is 0 Å². The van der Waals surface area contributed by atoms with Crippen LogP contribution in [0, 0.1) is 0 Å². The molecule has 15 heavy (non-hydrogen) atoms. The highest BCUT2D eigenvalue weighted by molar-refractivity contribution is 7.99. The number of rotatable bonds is 8. The molecule has 0 atom stereocenters. The van der Waals surface area contributed by atoms with Gasteiger partial charge in [0.05, 0.1) is 0 Å². The Morgan fingerprint density at radius 1 is 1.13 bits per heavy atom. The quantitative estimate of drug-likeness (QED) is 0.663. The van der Waals surface area contributed by atoms with Crippen molar-refractivity contribution in [1.82, 2.24) is 5.32 Å². The molecular formula is C12H19NOS. The summed E-state index contributed by atoms with van der Waals surface area (Å²) in [5, 5.41) is 12.0. The van der Waals surface area contributed by atoms with Crippen LogP contribution in [0.4, 0.5) is 0 Å². The maximum atomic E-state index is 8.59. The van der Waals surface area contributed by atoms with E-state index in [-0.39, 0.29) is 0 Å². The zero-order valence-corrected chi connectivity index (χ0v) is 9.80. The summed E-state index contributed by atoms with van der Waals surface area (Å²) in [6.07, 6.45) is 0.906. The minimum Gasteiger partial charge on any atom is -0.396 e. The largest absolute Gasteiger partial charge is 0.396 e. The van der Waals surface area contributed by atoms with E-state index in [0.29, 0.717) is 6.61 Å². The molecule has 0 radical (unpaired) electrons. The monoisotopic (exact) mass is 225 g/mol. The lowest BCUT2D eigenvalue weighted by Crippen LogP contribution is -2.16. The molecule has 0 spiro atoms. The molecule has 0 bridgehead atoms. The van der Waals surface area contributed by atoms with Gasteiger partial charge in [0.2, 0.25) is 0 Å². The van der Waals surface area contributed by atoms with Crippen LogP contribution in [0.2, 0.25) is 0 Å². The van der Waals surface area contributed by atoms with Gasteiger partial charge in [-0.2, -0.15) is 11.8 Å². The molecule has 3 heteroatoms. The molecule has 0 unspecified atom stereocenters. The van der Waals surface area contributed by atoms with Gasteiger partial charge in [0.15, 0.2) is 0 Å². The van der Waals surface area contributed by atoms with Crippen LogP contribution in [0.15, 0.2) is 30.3 Å². The average Bonchev–Trinajstić information content (AvgIpc) is 2.29. The first-order valence-corrected chi connectivity index (χ1v) is 6.52. The Labute approximate surface area is 96.1 Å². The molecule has 0 amide bonds. The highest BCUT2D eigenvalue weighted by atomic mass is 32.2. The van der Waals surface area contributed by atoms with Crippen LogP contribution >= 0.6 is 11.8 Å². The van der Waals surface area contributed by atoms with Crippen molar-refractivity contribution in [2.24, 2.45) is 0 Å². The molecule has 0 aliphatic carbocycles. The summed E-state index contributed by atoms with van der Waals surface area (Å²) in [4.78, 5) is 0. The zero-order chi connectivity index (χ0) is 10.8. The Kier molecular flexibility index (Phi) is 7.34. The molecule has 0 aliphatic rings. The number of benzene rings is 1. The van der Waals surface area contributed by atoms with Crippen LogP contribution in [0.1, 0.15) is 12.0 Å². The second-order valence-corrected chi connectivity index (χ2v) is 4.58. The van der Waals surface area contributed by atoms with Crippen molar-refractivity contribution in [2.45, 2.75) is 13.0 Å². The third-order valence-corrected chi connectivity index (χ3v) is 3.11. The lowest BCUT2D eigenvalue weighted by molar-refractivity contribution is 0.296. The third-order valence-electron chi connectivity index (χ3n) is 2.04. The summed E-state index contributed by atoms with van der Waals surface area (Å²) in [5.74, 6) is 2.18. The molecule has 0 fully saturated rings. The van der Waals surface area contributed by atoms with Crippen LogP contribution in [0.25, 0.3) is 0 Å². The van der Waals surface area contributed by atoms with Gasteiger partial charge >= 0.3 is 0 Å². The molecule has 2 N–H and O–H groups in total. The highest BCUT2D eigenvalue weighted by Gasteiger charge is 1.91. The van der Waals surface area contributed by atoms with Crippen molar-refractivity contribution < 1.29 is 5.11 Å². The third kappa shape index (κ3) is 6.55. The lowest BCUT2D eigenvalue weighted by Gasteiger charge is -2.04. The summed E-state index contributed by atoms with van der Waals surface area (Å²) in [6.45, 7) is 2.29. The molecule has 0 saturated heterocycles. The Hall–Kier alpha value is -0.510. The first kappa shape index (κ1) is 12.6. The Morgan fingerprint density at radius 2 is 1.93 bits per heavy atom. The first-order chi connectivity index (χ1) is 7.43. The van der Waals surface area contributed by atoms with Gasteiger partial charge in [-0.15, -0.1) is 0 Å². The van der Waals surface area contributed by atoms with Crippen molar-refractivity contribution in [3.05, 3.63) is 35.9 Å². The SMILES string of the molecule is OCCCSCCNCc1ccccc1. The molecule has 1 rings (SSSR count). The number of aliphatic hydroxyl groups excluding tert-OH is 1. The topological polar surface area (TPSA) is 32.3 Å². The van der Waals surface area contributed by atoms with Gasteiger partial charge in [0.1, 0.15) is 0 Å². The first-order valence-electron chi connectivity index (χ1n) is 5.36. The molecule has 0 aliphatic heterocycles. The van der Waals surface area contributed by atoms with Crippen molar-refractivity contribution in [1.29, 1.82) is 0 Å². The fourth-order valence-corrected chi connectivity index (χ4v) is 2.07. The van der Waals surface area contributed by atoms with Crippen LogP contribution in [-0.2, 0) is 6.54 Å². The molecule has 84 valence electrons. The summed E-state index contributed by atoms with van der Waals surface area (Å²) >= 11 is 1.89. The molecule has 0 heterocycles. The predicted molar refractivity (Wildman–Crippen MR) is 67.2 cm³/mol. The van der Waals surface area contributed by atoms with Gasteiger partial charge < -0.3 is 10.4 Å². The van der Waals surface area contributed by atoms with Crippen molar-refractivity contribution in [3.63, 3.8) is 0 Å².